The van der Waals surface area contributed by atoms with Crippen molar-refractivity contribution in [2.75, 3.05) is 47.1 Å². The average molecular weight is 431 g/mol. The first-order chi connectivity index (χ1) is 13.8. The molecule has 1 aliphatic rings. The highest BCUT2D eigenvalue weighted by Crippen LogP contribution is 2.44. The van der Waals surface area contributed by atoms with Crippen molar-refractivity contribution < 1.29 is 43.3 Å². The van der Waals surface area contributed by atoms with Gasteiger partial charge < -0.3 is 18.9 Å². The van der Waals surface area contributed by atoms with Crippen LogP contribution < -0.4 is 0 Å². The number of nitrogens with zero attached hydrogens (tertiary/aromatic N) is 2. The number of hydroxylamine groups is 2. The maximum Gasteiger partial charge on any atom is 0.344 e. The van der Waals surface area contributed by atoms with Gasteiger partial charge in [-0.3, -0.25) is 14.5 Å². The molecule has 0 aromatic carbocycles. The van der Waals surface area contributed by atoms with Crippen molar-refractivity contribution in [2.45, 2.75) is 45.2 Å². The Balaban J connectivity index is 2.84. The van der Waals surface area contributed by atoms with Crippen molar-refractivity contribution in [1.82, 2.24) is 9.96 Å². The Morgan fingerprint density at radius 2 is 1.30 bits per heavy atom. The number of carbonyl (C=O) groups is 4. The lowest BCUT2D eigenvalue weighted by atomic mass is 9.86. The Labute approximate surface area is 176 Å². The van der Waals surface area contributed by atoms with Crippen LogP contribution in [0, 0.1) is 5.92 Å². The fourth-order valence-corrected chi connectivity index (χ4v) is 3.52. The fourth-order valence-electron chi connectivity index (χ4n) is 3.52. The smallest absolute Gasteiger partial charge is 0.344 e. The number of esters is 4. The fraction of sp³-hybridized carbons (Fsp3) is 0.789. The number of ether oxygens (including phenoxy) is 4. The van der Waals surface area contributed by atoms with Crippen LogP contribution in [0.5, 0.6) is 0 Å². The van der Waals surface area contributed by atoms with E-state index in [1.165, 1.54) is 19.1 Å². The minimum absolute atomic E-state index is 0.160. The maximum atomic E-state index is 12.6. The molecule has 171 valence electrons. The quantitative estimate of drug-likeness (QED) is 0.342. The minimum Gasteiger partial charge on any atom is -0.466 e. The molecule has 0 aromatic heterocycles. The standard InChI is InChI=1S/C19H31N2O9/c1-18(2)7-13(19(3,4)21(18)26)8-20(9-14(22)29-11-16(24)27-5)10-15(23)30-12-17(25)28-6/h13H,7-12H2,1-6H3. The van der Waals surface area contributed by atoms with Crippen molar-refractivity contribution in [3.8, 4) is 0 Å². The van der Waals surface area contributed by atoms with Crippen LogP contribution in [0.4, 0.5) is 0 Å². The van der Waals surface area contributed by atoms with E-state index in [0.717, 1.165) is 5.06 Å². The van der Waals surface area contributed by atoms with Gasteiger partial charge in [0.05, 0.1) is 27.3 Å². The second-order valence-electron chi connectivity index (χ2n) is 8.30. The first-order valence-corrected chi connectivity index (χ1v) is 9.48. The Morgan fingerprint density at radius 1 is 0.867 bits per heavy atom. The summed E-state index contributed by atoms with van der Waals surface area (Å²) in [7, 11) is 2.33. The molecule has 11 nitrogen and oxygen atoms in total. The molecule has 0 spiro atoms. The Kier molecular flexibility index (Phi) is 9.19. The molecule has 0 N–H and O–H groups in total. The number of methoxy groups -OCH3 is 2. The molecule has 0 bridgehead atoms. The highest BCUT2D eigenvalue weighted by atomic mass is 16.6. The van der Waals surface area contributed by atoms with Crippen LogP contribution in [0.15, 0.2) is 0 Å². The largest absolute Gasteiger partial charge is 0.466 e. The number of hydrogen-bond donors (Lipinski definition) is 0. The molecule has 0 amide bonds. The van der Waals surface area contributed by atoms with E-state index in [0.29, 0.717) is 6.42 Å². The van der Waals surface area contributed by atoms with E-state index in [2.05, 4.69) is 9.47 Å². The third kappa shape index (κ3) is 7.22. The van der Waals surface area contributed by atoms with Gasteiger partial charge in [-0.1, -0.05) is 0 Å². The van der Waals surface area contributed by atoms with Crippen molar-refractivity contribution in [3.05, 3.63) is 0 Å². The van der Waals surface area contributed by atoms with Crippen LogP contribution in [0.25, 0.3) is 0 Å². The third-order valence-electron chi connectivity index (χ3n) is 5.16. The summed E-state index contributed by atoms with van der Waals surface area (Å²) in [6.07, 6.45) is 0.550. The van der Waals surface area contributed by atoms with Gasteiger partial charge in [-0.25, -0.2) is 9.59 Å². The highest BCUT2D eigenvalue weighted by Gasteiger charge is 2.52. The van der Waals surface area contributed by atoms with Crippen molar-refractivity contribution >= 4 is 23.9 Å². The van der Waals surface area contributed by atoms with Crippen molar-refractivity contribution in [2.24, 2.45) is 5.92 Å². The second kappa shape index (κ2) is 10.7. The molecule has 0 aliphatic carbocycles. The first kappa shape index (κ1) is 25.8. The molecule has 1 aliphatic heterocycles. The van der Waals surface area contributed by atoms with E-state index in [-0.39, 0.29) is 25.6 Å². The van der Waals surface area contributed by atoms with Gasteiger partial charge in [0.1, 0.15) is 0 Å². The molecule has 1 fully saturated rings. The third-order valence-corrected chi connectivity index (χ3v) is 5.16. The van der Waals surface area contributed by atoms with Gasteiger partial charge in [0.15, 0.2) is 13.2 Å². The molecule has 1 radical (unpaired) electrons. The van der Waals surface area contributed by atoms with Gasteiger partial charge in [0, 0.05) is 17.6 Å². The summed E-state index contributed by atoms with van der Waals surface area (Å²) >= 11 is 0. The van der Waals surface area contributed by atoms with Gasteiger partial charge in [-0.2, -0.15) is 0 Å². The summed E-state index contributed by atoms with van der Waals surface area (Å²) in [5.41, 5.74) is -1.33. The van der Waals surface area contributed by atoms with Crippen LogP contribution in [0.3, 0.4) is 0 Å². The van der Waals surface area contributed by atoms with Crippen LogP contribution >= 0.6 is 0 Å². The van der Waals surface area contributed by atoms with Gasteiger partial charge in [-0.15, -0.1) is 10.3 Å². The van der Waals surface area contributed by atoms with E-state index in [9.17, 15) is 24.4 Å². The molecule has 0 saturated carbocycles. The predicted molar refractivity (Wildman–Crippen MR) is 101 cm³/mol. The van der Waals surface area contributed by atoms with Gasteiger partial charge in [-0.05, 0) is 40.0 Å². The van der Waals surface area contributed by atoms with E-state index in [4.69, 9.17) is 9.47 Å². The van der Waals surface area contributed by atoms with E-state index < -0.39 is 48.2 Å². The molecule has 1 rings (SSSR count). The van der Waals surface area contributed by atoms with Crippen LogP contribution in [-0.4, -0.2) is 92.0 Å². The van der Waals surface area contributed by atoms with Crippen LogP contribution in [0.1, 0.15) is 34.1 Å². The van der Waals surface area contributed by atoms with Crippen LogP contribution in [0.2, 0.25) is 0 Å². The van der Waals surface area contributed by atoms with Gasteiger partial charge >= 0.3 is 23.9 Å². The molecule has 11 heteroatoms. The number of carbonyl (C=O) groups excluding carboxylic acids is 4. The summed E-state index contributed by atoms with van der Waals surface area (Å²) in [6.45, 7) is 5.80. The minimum atomic E-state index is -0.741. The lowest BCUT2D eigenvalue weighted by Gasteiger charge is -2.35. The molecule has 1 saturated heterocycles. The molecule has 30 heavy (non-hydrogen) atoms. The zero-order chi connectivity index (χ0) is 23.1. The van der Waals surface area contributed by atoms with E-state index in [1.807, 2.05) is 27.7 Å². The monoisotopic (exact) mass is 431 g/mol. The van der Waals surface area contributed by atoms with E-state index in [1.54, 1.807) is 0 Å². The second-order valence-corrected chi connectivity index (χ2v) is 8.30. The zero-order valence-electron chi connectivity index (χ0n) is 18.4. The van der Waals surface area contributed by atoms with Gasteiger partial charge in [0.25, 0.3) is 0 Å². The number of rotatable bonds is 10. The maximum absolute atomic E-state index is 12.6. The average Bonchev–Trinajstić information content (AvgIpc) is 2.82. The molecule has 1 unspecified atom stereocenters. The predicted octanol–water partition coefficient (Wildman–Crippen LogP) is -0.0546. The SMILES string of the molecule is COC(=O)COC(=O)CN(CC(=O)OCC(=O)OC)CC1CC(C)(C)N([O])C1(C)C. The zero-order valence-corrected chi connectivity index (χ0v) is 18.4. The first-order valence-electron chi connectivity index (χ1n) is 9.48. The highest BCUT2D eigenvalue weighted by molar-refractivity contribution is 5.79. The molecular weight excluding hydrogens is 400 g/mol. The van der Waals surface area contributed by atoms with Gasteiger partial charge in [0.2, 0.25) is 0 Å². The molecular formula is C19H31N2O9. The number of hydrogen-bond acceptors (Lipinski definition) is 10. The summed E-state index contributed by atoms with van der Waals surface area (Å²) < 4.78 is 18.5. The lowest BCUT2D eigenvalue weighted by Crippen LogP contribution is -2.49. The van der Waals surface area contributed by atoms with E-state index >= 15 is 0 Å². The summed E-state index contributed by atoms with van der Waals surface area (Å²) in [5, 5.41) is 13.7. The Hall–Kier alpha value is -2.24. The lowest BCUT2D eigenvalue weighted by molar-refractivity contribution is -0.248. The van der Waals surface area contributed by atoms with Crippen LogP contribution in [-0.2, 0) is 43.3 Å². The normalized spacial score (nSPS) is 19.9. The van der Waals surface area contributed by atoms with Crippen molar-refractivity contribution in [1.29, 1.82) is 0 Å². The molecule has 1 heterocycles. The Bertz CT molecular complexity index is 614. The summed E-state index contributed by atoms with van der Waals surface area (Å²) in [5.74, 6) is -3.07. The summed E-state index contributed by atoms with van der Waals surface area (Å²) in [6, 6.07) is 0. The topological polar surface area (TPSA) is 132 Å². The summed E-state index contributed by atoms with van der Waals surface area (Å²) in [4.78, 5) is 48.0. The Morgan fingerprint density at radius 3 is 1.63 bits per heavy atom. The molecule has 1 atom stereocenters. The van der Waals surface area contributed by atoms with Crippen molar-refractivity contribution in [3.63, 3.8) is 0 Å². The molecule has 0 aromatic rings.